The van der Waals surface area contributed by atoms with Crippen molar-refractivity contribution >= 4 is 0 Å². The Morgan fingerprint density at radius 1 is 1.23 bits per heavy atom. The number of phenols is 1. The van der Waals surface area contributed by atoms with Gasteiger partial charge in [-0.3, -0.25) is 0 Å². The molecular weight excluding hydrogens is 326 g/mol. The van der Waals surface area contributed by atoms with E-state index in [9.17, 15) is 10.2 Å². The zero-order valence-corrected chi connectivity index (χ0v) is 16.7. The van der Waals surface area contributed by atoms with E-state index in [1.165, 1.54) is 19.3 Å². The number of aryl methyl sites for hydroxylation is 1. The van der Waals surface area contributed by atoms with Crippen molar-refractivity contribution in [2.45, 2.75) is 83.8 Å². The first-order valence-electron chi connectivity index (χ1n) is 10.2. The van der Waals surface area contributed by atoms with Crippen molar-refractivity contribution in [1.82, 2.24) is 0 Å². The second kappa shape index (κ2) is 9.61. The fourth-order valence-electron chi connectivity index (χ4n) is 3.46. The number of nitrogens with two attached hydrogens (primary N) is 1. The first-order chi connectivity index (χ1) is 12.3. The second-order valence-electron chi connectivity index (χ2n) is 8.71. The fraction of sp³-hybridized carbons (Fsp3) is 0.727. The minimum absolute atomic E-state index is 0.000646. The molecule has 1 aromatic rings. The number of rotatable bonds is 12. The molecule has 0 aliphatic heterocycles. The maximum absolute atomic E-state index is 10.3. The molecule has 0 spiro atoms. The van der Waals surface area contributed by atoms with E-state index < -0.39 is 5.54 Å². The molecule has 1 fully saturated rings. The summed E-state index contributed by atoms with van der Waals surface area (Å²) in [5.41, 5.74) is 6.67. The normalized spacial score (nSPS) is 17.9. The number of aliphatic hydroxyl groups excluding tert-OH is 1. The lowest BCUT2D eigenvalue weighted by atomic mass is 9.87. The Morgan fingerprint density at radius 3 is 2.54 bits per heavy atom. The number of ether oxygens (including phenoxy) is 1. The Balaban J connectivity index is 1.84. The first kappa shape index (κ1) is 21.0. The van der Waals surface area contributed by atoms with Crippen LogP contribution in [-0.4, -0.2) is 28.5 Å². The van der Waals surface area contributed by atoms with Crippen LogP contribution in [0.3, 0.4) is 0 Å². The van der Waals surface area contributed by atoms with Crippen molar-refractivity contribution in [3.8, 4) is 11.5 Å². The predicted molar refractivity (Wildman–Crippen MR) is 107 cm³/mol. The average molecular weight is 364 g/mol. The van der Waals surface area contributed by atoms with E-state index in [2.05, 4.69) is 20.8 Å². The van der Waals surface area contributed by atoms with E-state index in [1.807, 2.05) is 12.1 Å². The highest BCUT2D eigenvalue weighted by atomic mass is 16.5. The summed E-state index contributed by atoms with van der Waals surface area (Å²) in [4.78, 5) is 0. The van der Waals surface area contributed by atoms with Crippen molar-refractivity contribution in [2.75, 3.05) is 6.61 Å². The van der Waals surface area contributed by atoms with Gasteiger partial charge in [-0.15, -0.1) is 0 Å². The molecule has 0 aromatic heterocycles. The van der Waals surface area contributed by atoms with Crippen LogP contribution in [0.4, 0.5) is 0 Å². The maximum atomic E-state index is 10.3. The fourth-order valence-corrected chi connectivity index (χ4v) is 3.46. The SMILES string of the molecule is CC(C)CCCC(C)Oc1ccc(CC[C@@](N)(CO)CC2CC2)c(O)c1. The van der Waals surface area contributed by atoms with Gasteiger partial charge in [-0.05, 0) is 62.5 Å². The second-order valence-corrected chi connectivity index (χ2v) is 8.71. The summed E-state index contributed by atoms with van der Waals surface area (Å²) < 4.78 is 5.93. The number of hydrogen-bond acceptors (Lipinski definition) is 4. The van der Waals surface area contributed by atoms with Gasteiger partial charge in [0.15, 0.2) is 0 Å². The monoisotopic (exact) mass is 363 g/mol. The predicted octanol–water partition coefficient (Wildman–Crippen LogP) is 4.41. The van der Waals surface area contributed by atoms with Gasteiger partial charge in [-0.2, -0.15) is 0 Å². The Hall–Kier alpha value is -1.26. The van der Waals surface area contributed by atoms with E-state index >= 15 is 0 Å². The lowest BCUT2D eigenvalue weighted by molar-refractivity contribution is 0.172. The summed E-state index contributed by atoms with van der Waals surface area (Å²) in [5.74, 6) is 2.36. The topological polar surface area (TPSA) is 75.7 Å². The molecule has 1 aliphatic carbocycles. The lowest BCUT2D eigenvalue weighted by Crippen LogP contribution is -2.44. The summed E-state index contributed by atoms with van der Waals surface area (Å²) in [5, 5.41) is 20.0. The minimum atomic E-state index is -0.534. The number of aromatic hydroxyl groups is 1. The van der Waals surface area contributed by atoms with Crippen LogP contribution in [0.25, 0.3) is 0 Å². The molecule has 0 bridgehead atoms. The van der Waals surface area contributed by atoms with Gasteiger partial charge in [0.2, 0.25) is 0 Å². The zero-order chi connectivity index (χ0) is 19.2. The van der Waals surface area contributed by atoms with Crippen LogP contribution in [0, 0.1) is 11.8 Å². The molecule has 2 atom stereocenters. The average Bonchev–Trinajstić information content (AvgIpc) is 3.37. The van der Waals surface area contributed by atoms with Crippen LogP contribution in [-0.2, 0) is 6.42 Å². The molecule has 2 rings (SSSR count). The molecule has 148 valence electrons. The smallest absolute Gasteiger partial charge is 0.123 e. The van der Waals surface area contributed by atoms with Gasteiger partial charge in [-0.25, -0.2) is 0 Å². The third-order valence-electron chi connectivity index (χ3n) is 5.39. The van der Waals surface area contributed by atoms with Gasteiger partial charge in [0.25, 0.3) is 0 Å². The highest BCUT2D eigenvalue weighted by Gasteiger charge is 2.33. The van der Waals surface area contributed by atoms with Crippen LogP contribution in [0.2, 0.25) is 0 Å². The summed E-state index contributed by atoms with van der Waals surface area (Å²) >= 11 is 0. The molecule has 26 heavy (non-hydrogen) atoms. The first-order valence-corrected chi connectivity index (χ1v) is 10.2. The molecular formula is C22H37NO3. The highest BCUT2D eigenvalue weighted by Crippen LogP contribution is 2.37. The molecule has 1 unspecified atom stereocenters. The maximum Gasteiger partial charge on any atom is 0.123 e. The van der Waals surface area contributed by atoms with Crippen molar-refractivity contribution in [3.05, 3.63) is 23.8 Å². The standard InChI is InChI=1S/C22H37NO3/c1-16(2)5-4-6-17(3)26-20-10-9-19(21(25)13-20)11-12-22(23,15-24)14-18-7-8-18/h9-10,13,16-18,24-25H,4-8,11-12,14-15,23H2,1-3H3/t17?,22-/m0/s1. The molecule has 0 heterocycles. The molecule has 1 aliphatic rings. The van der Waals surface area contributed by atoms with Crippen LogP contribution in [0.1, 0.15) is 71.3 Å². The summed E-state index contributed by atoms with van der Waals surface area (Å²) in [6.45, 7) is 6.55. The Kier molecular flexibility index (Phi) is 7.78. The molecule has 1 saturated carbocycles. The van der Waals surface area contributed by atoms with Crippen molar-refractivity contribution < 1.29 is 14.9 Å². The van der Waals surface area contributed by atoms with E-state index in [-0.39, 0.29) is 18.5 Å². The van der Waals surface area contributed by atoms with E-state index in [1.54, 1.807) is 6.07 Å². The third kappa shape index (κ3) is 7.16. The van der Waals surface area contributed by atoms with Crippen molar-refractivity contribution in [2.24, 2.45) is 17.6 Å². The van der Waals surface area contributed by atoms with Crippen LogP contribution in [0.15, 0.2) is 18.2 Å². The Morgan fingerprint density at radius 2 is 1.96 bits per heavy atom. The number of benzene rings is 1. The molecule has 0 saturated heterocycles. The summed E-state index contributed by atoms with van der Waals surface area (Å²) in [6.07, 6.45) is 8.21. The lowest BCUT2D eigenvalue weighted by Gasteiger charge is -2.27. The van der Waals surface area contributed by atoms with E-state index in [4.69, 9.17) is 10.5 Å². The van der Waals surface area contributed by atoms with Gasteiger partial charge < -0.3 is 20.7 Å². The highest BCUT2D eigenvalue weighted by molar-refractivity contribution is 5.40. The minimum Gasteiger partial charge on any atom is -0.508 e. The molecule has 4 nitrogen and oxygen atoms in total. The third-order valence-corrected chi connectivity index (χ3v) is 5.39. The Labute approximate surface area is 158 Å². The van der Waals surface area contributed by atoms with Crippen LogP contribution < -0.4 is 10.5 Å². The molecule has 4 heteroatoms. The Bertz CT molecular complexity index is 556. The molecule has 0 radical (unpaired) electrons. The van der Waals surface area contributed by atoms with Crippen LogP contribution >= 0.6 is 0 Å². The number of hydrogen-bond donors (Lipinski definition) is 3. The number of aliphatic hydroxyl groups is 1. The zero-order valence-electron chi connectivity index (χ0n) is 16.7. The van der Waals surface area contributed by atoms with Gasteiger partial charge >= 0.3 is 0 Å². The molecule has 4 N–H and O–H groups in total. The van der Waals surface area contributed by atoms with Gasteiger partial charge in [0, 0.05) is 11.6 Å². The summed E-state index contributed by atoms with van der Waals surface area (Å²) in [6, 6.07) is 5.54. The van der Waals surface area contributed by atoms with Crippen LogP contribution in [0.5, 0.6) is 11.5 Å². The van der Waals surface area contributed by atoms with Gasteiger partial charge in [0.05, 0.1) is 12.7 Å². The molecule has 1 aromatic carbocycles. The number of phenolic OH excluding ortho intramolecular Hbond substituents is 1. The van der Waals surface area contributed by atoms with Gasteiger partial charge in [0.1, 0.15) is 11.5 Å². The van der Waals surface area contributed by atoms with Gasteiger partial charge in [-0.1, -0.05) is 39.2 Å². The van der Waals surface area contributed by atoms with E-state index in [0.29, 0.717) is 24.5 Å². The quantitative estimate of drug-likeness (QED) is 0.514. The largest absolute Gasteiger partial charge is 0.508 e. The van der Waals surface area contributed by atoms with Crippen molar-refractivity contribution in [1.29, 1.82) is 0 Å². The van der Waals surface area contributed by atoms with E-state index in [0.717, 1.165) is 30.7 Å². The summed E-state index contributed by atoms with van der Waals surface area (Å²) in [7, 11) is 0. The molecule has 0 amide bonds. The van der Waals surface area contributed by atoms with Crippen molar-refractivity contribution in [3.63, 3.8) is 0 Å².